The highest BCUT2D eigenvalue weighted by Crippen LogP contribution is 2.32. The van der Waals surface area contributed by atoms with E-state index in [2.05, 4.69) is 53.2 Å². The first-order valence-corrected chi connectivity index (χ1v) is 31.9. The van der Waals surface area contributed by atoms with E-state index in [0.29, 0.717) is 61.0 Å². The Morgan fingerprint density at radius 3 is 0.950 bits per heavy atom. The summed E-state index contributed by atoms with van der Waals surface area (Å²) < 4.78 is 139. The summed E-state index contributed by atoms with van der Waals surface area (Å²) in [5, 5.41) is 25.7. The van der Waals surface area contributed by atoms with Gasteiger partial charge in [0.25, 0.3) is 11.8 Å². The highest BCUT2D eigenvalue weighted by Gasteiger charge is 2.35. The Bertz CT molecular complexity index is 3340. The van der Waals surface area contributed by atoms with Crippen LogP contribution in [0.15, 0.2) is 121 Å². The van der Waals surface area contributed by atoms with Crippen LogP contribution in [0.5, 0.6) is 11.5 Å². The zero-order chi connectivity index (χ0) is 72.9. The molecule has 10 N–H and O–H groups in total. The highest BCUT2D eigenvalue weighted by molar-refractivity contribution is 5.96. The van der Waals surface area contributed by atoms with Gasteiger partial charge < -0.3 is 72.1 Å². The van der Waals surface area contributed by atoms with Crippen molar-refractivity contribution < 1.29 is 92.4 Å². The van der Waals surface area contributed by atoms with E-state index in [-0.39, 0.29) is 65.1 Å². The van der Waals surface area contributed by atoms with Gasteiger partial charge in [-0.2, -0.15) is 17.6 Å². The van der Waals surface area contributed by atoms with E-state index in [9.17, 15) is 73.5 Å². The predicted molar refractivity (Wildman–Crippen MR) is 353 cm³/mol. The molecule has 0 fully saturated rings. The van der Waals surface area contributed by atoms with Gasteiger partial charge in [0.2, 0.25) is 35.1 Å². The summed E-state index contributed by atoms with van der Waals surface area (Å²) >= 11 is 0. The Kier molecular flexibility index (Phi) is 35.0. The first kappa shape index (κ1) is 80.6. The highest BCUT2D eigenvalue weighted by atomic mass is 19.2. The summed E-state index contributed by atoms with van der Waals surface area (Å²) in [5.41, 5.74) is -0.161. The Morgan fingerprint density at radius 2 is 0.650 bits per heavy atom. The number of halogens is 8. The van der Waals surface area contributed by atoms with Gasteiger partial charge >= 0.3 is 12.2 Å². The van der Waals surface area contributed by atoms with Gasteiger partial charge in [-0.25, -0.2) is 27.2 Å². The smallest absolute Gasteiger partial charge is 0.408 e. The van der Waals surface area contributed by atoms with Gasteiger partial charge in [-0.15, -0.1) is 0 Å². The van der Waals surface area contributed by atoms with Gasteiger partial charge in [0, 0.05) is 39.0 Å². The number of alkyl carbamates (subject to hydrolysis) is 2. The molecule has 0 aliphatic carbocycles. The van der Waals surface area contributed by atoms with E-state index < -0.39 is 154 Å². The quantitative estimate of drug-likeness (QED) is 0.0104. The fourth-order valence-electron chi connectivity index (χ4n) is 9.55. The second kappa shape index (κ2) is 43.4. The van der Waals surface area contributed by atoms with Crippen LogP contribution < -0.4 is 62.6 Å². The number of ether oxygens (including phenoxy) is 4. The number of unbranched alkanes of at least 4 members (excludes halogenated alkanes) is 2. The van der Waals surface area contributed by atoms with Crippen LogP contribution in [-0.2, 0) is 54.7 Å². The normalized spacial score (nSPS) is 12.0. The van der Waals surface area contributed by atoms with Gasteiger partial charge in [-0.3, -0.25) is 28.8 Å². The van der Waals surface area contributed by atoms with E-state index in [0.717, 1.165) is 0 Å². The number of Topliss-reactive ketones (excluding diaryl/α,β-unsaturated/α-hetero) is 2. The molecule has 0 bridgehead atoms. The number of hydrogen-bond acceptors (Lipinski definition) is 16. The molecule has 4 atom stereocenters. The second-order valence-corrected chi connectivity index (χ2v) is 22.4. The first-order chi connectivity index (χ1) is 48.1. The maximum atomic E-state index is 14.9. The summed E-state index contributed by atoms with van der Waals surface area (Å²) in [7, 11) is 6.58. The molecule has 0 aliphatic rings. The first-order valence-electron chi connectivity index (χ1n) is 31.9. The lowest BCUT2D eigenvalue weighted by molar-refractivity contribution is -0.130. The average molecular weight is 1410 g/mol. The molecule has 0 radical (unpaired) electrons. The molecule has 6 aromatic carbocycles. The predicted octanol–water partition coefficient (Wildman–Crippen LogP) is 7.10. The molecule has 100 heavy (non-hydrogen) atoms. The number of likely N-dealkylation sites (N-methyl/N-ethyl adjacent to an activating group) is 2. The molecular weight excluding hydrogens is 1320 g/mol. The second-order valence-electron chi connectivity index (χ2n) is 22.4. The van der Waals surface area contributed by atoms with Crippen molar-refractivity contribution >= 4 is 47.4 Å². The molecule has 0 saturated heterocycles. The zero-order valence-corrected chi connectivity index (χ0v) is 55.5. The van der Waals surface area contributed by atoms with Crippen molar-refractivity contribution in [3.05, 3.63) is 201 Å². The van der Waals surface area contributed by atoms with Crippen LogP contribution in [-0.4, -0.2) is 152 Å². The van der Waals surface area contributed by atoms with E-state index in [1.807, 2.05) is 0 Å². The van der Waals surface area contributed by atoms with E-state index >= 15 is 0 Å². The molecule has 540 valence electrons. The largest absolute Gasteiger partial charge is 0.479 e. The van der Waals surface area contributed by atoms with Crippen molar-refractivity contribution in [3.63, 3.8) is 0 Å². The lowest BCUT2D eigenvalue weighted by Crippen LogP contribution is -2.53. The number of benzene rings is 6. The van der Waals surface area contributed by atoms with Gasteiger partial charge in [-0.1, -0.05) is 121 Å². The Morgan fingerprint density at radius 1 is 0.350 bits per heavy atom. The molecule has 0 unspecified atom stereocenters. The molecule has 6 aromatic rings. The summed E-state index contributed by atoms with van der Waals surface area (Å²) in [4.78, 5) is 104. The lowest BCUT2D eigenvalue weighted by atomic mass is 10.0. The molecular formula is C70H82F8N10O12. The number of amides is 6. The Hall–Kier alpha value is -10.0. The number of carbonyl (C=O) groups excluding carboxylic acids is 8. The molecule has 0 heterocycles. The van der Waals surface area contributed by atoms with E-state index in [4.69, 9.17) is 18.9 Å². The SMILES string of the molecule is CNCCCC[C@H](NC(=O)[C@H](Cc1ccccc1)NC(=O)OCc1ccccc1)C(=O)COc1c(F)c(F)c(C(=O)NCCNC)c(F)c1F.CNCCCC[C@H](NC(=O)[C@H](Cc1ccccc1)NC(=O)OCc1ccccc1)C(=O)COc1c(F)c(F)c(C(=O)NCCNC)c(F)c1F. The van der Waals surface area contributed by atoms with Crippen LogP contribution >= 0.6 is 0 Å². The van der Waals surface area contributed by atoms with Gasteiger partial charge in [0.15, 0.2) is 46.3 Å². The van der Waals surface area contributed by atoms with Crippen LogP contribution in [0.25, 0.3) is 0 Å². The van der Waals surface area contributed by atoms with Crippen LogP contribution in [0.2, 0.25) is 0 Å². The van der Waals surface area contributed by atoms with Crippen molar-refractivity contribution in [2.24, 2.45) is 0 Å². The fourth-order valence-corrected chi connectivity index (χ4v) is 9.55. The van der Waals surface area contributed by atoms with Crippen LogP contribution in [0.1, 0.15) is 81.5 Å². The van der Waals surface area contributed by atoms with Crippen molar-refractivity contribution in [2.45, 2.75) is 88.7 Å². The molecule has 0 aromatic heterocycles. The fraction of sp³-hybridized carbons (Fsp3) is 0.371. The molecule has 0 aliphatic heterocycles. The van der Waals surface area contributed by atoms with Crippen LogP contribution in [0, 0.1) is 46.5 Å². The van der Waals surface area contributed by atoms with Crippen molar-refractivity contribution in [1.29, 1.82) is 0 Å². The third-order valence-electron chi connectivity index (χ3n) is 14.9. The van der Waals surface area contributed by atoms with Crippen molar-refractivity contribution in [1.82, 2.24) is 53.2 Å². The minimum Gasteiger partial charge on any atom is -0.479 e. The number of ketones is 2. The number of nitrogens with one attached hydrogen (secondary N) is 10. The number of carbonyl (C=O) groups is 8. The van der Waals surface area contributed by atoms with E-state index in [1.54, 1.807) is 150 Å². The molecule has 6 rings (SSSR count). The third kappa shape index (κ3) is 26.0. The molecule has 6 amide bonds. The van der Waals surface area contributed by atoms with Crippen molar-refractivity contribution in [2.75, 3.05) is 80.7 Å². The van der Waals surface area contributed by atoms with Gasteiger partial charge in [-0.05, 0) is 102 Å². The maximum absolute atomic E-state index is 14.9. The monoisotopic (exact) mass is 1410 g/mol. The zero-order valence-electron chi connectivity index (χ0n) is 55.5. The molecule has 30 heteroatoms. The Balaban J connectivity index is 0.000000361. The summed E-state index contributed by atoms with van der Waals surface area (Å²) in [6.45, 7) is -0.861. The van der Waals surface area contributed by atoms with E-state index in [1.165, 1.54) is 0 Å². The Labute approximate surface area is 573 Å². The van der Waals surface area contributed by atoms with Crippen molar-refractivity contribution in [3.8, 4) is 11.5 Å². The standard InChI is InChI=1S/2C35H41F4N5O6/c2*1-40-16-10-9-15-24(26(45)21-49-32-30(38)28(36)27(29(37)31(32)39)34(47)42-18-17-41-2)43-33(46)25(19-22-11-5-3-6-12-22)44-35(48)50-20-23-13-7-4-8-14-23/h2*3-8,11-14,24-25,40-41H,9-10,15-21H2,1-2H3,(H,42,47)(H,43,46)(H,44,48)/t2*24-,25-/m00/s1. The summed E-state index contributed by atoms with van der Waals surface area (Å²) in [6.07, 6.45) is 0.393. The van der Waals surface area contributed by atoms with Gasteiger partial charge in [0.05, 0.1) is 12.1 Å². The topological polar surface area (TPSA) is 294 Å². The summed E-state index contributed by atoms with van der Waals surface area (Å²) in [6, 6.07) is 30.2. The maximum Gasteiger partial charge on any atom is 0.408 e. The molecule has 0 spiro atoms. The third-order valence-corrected chi connectivity index (χ3v) is 14.9. The number of hydrogen-bond donors (Lipinski definition) is 10. The summed E-state index contributed by atoms with van der Waals surface area (Å²) in [5.74, 6) is -25.2. The van der Waals surface area contributed by atoms with Crippen LogP contribution in [0.3, 0.4) is 0 Å². The molecule has 22 nitrogen and oxygen atoms in total. The minimum absolute atomic E-state index is 0.0220. The number of rotatable bonds is 40. The minimum atomic E-state index is -2.01. The van der Waals surface area contributed by atoms with Crippen LogP contribution in [0.4, 0.5) is 44.7 Å². The van der Waals surface area contributed by atoms with Gasteiger partial charge in [0.1, 0.15) is 49.6 Å². The molecule has 0 saturated carbocycles. The lowest BCUT2D eigenvalue weighted by Gasteiger charge is -2.23. The average Bonchev–Trinajstić information content (AvgIpc) is 0.790.